The van der Waals surface area contributed by atoms with Crippen molar-refractivity contribution >= 4 is 42.9 Å². The average molecular weight is 495 g/mol. The number of fused-ring (bicyclic) bond motifs is 1. The fourth-order valence-electron chi connectivity index (χ4n) is 3.40. The number of hydrogen-bond donors (Lipinski definition) is 0. The van der Waals surface area contributed by atoms with E-state index in [4.69, 9.17) is 0 Å². The van der Waals surface area contributed by atoms with Gasteiger partial charge in [0.1, 0.15) is 18.3 Å². The largest absolute Gasteiger partial charge is 0.338 e. The van der Waals surface area contributed by atoms with E-state index in [1.165, 1.54) is 26.1 Å². The van der Waals surface area contributed by atoms with Crippen LogP contribution in [0, 0.1) is 0 Å². The van der Waals surface area contributed by atoms with E-state index in [1.807, 2.05) is 0 Å². The molecule has 0 aliphatic carbocycles. The molecule has 2 aromatic heterocycles. The fraction of sp³-hybridized carbons (Fsp3) is 0.333. The highest BCUT2D eigenvalue weighted by Crippen LogP contribution is 2.25. The number of piperazine rings is 1. The van der Waals surface area contributed by atoms with Crippen LogP contribution in [-0.2, 0) is 28.4 Å². The second kappa shape index (κ2) is 7.93. The maximum absolute atomic E-state index is 12.9. The van der Waals surface area contributed by atoms with Gasteiger partial charge in [-0.3, -0.25) is 18.8 Å². The lowest BCUT2D eigenvalue weighted by molar-refractivity contribution is -0.133. The summed E-state index contributed by atoms with van der Waals surface area (Å²) in [6, 6.07) is 6.64. The lowest BCUT2D eigenvalue weighted by Crippen LogP contribution is -2.51. The molecule has 3 heterocycles. The van der Waals surface area contributed by atoms with Crippen molar-refractivity contribution in [2.45, 2.75) is 11.4 Å². The number of aromatic nitrogens is 4. The molecule has 1 aliphatic rings. The lowest BCUT2D eigenvalue weighted by atomic mass is 10.3. The van der Waals surface area contributed by atoms with Gasteiger partial charge < -0.3 is 4.90 Å². The third-order valence-electron chi connectivity index (χ3n) is 5.07. The van der Waals surface area contributed by atoms with Crippen molar-refractivity contribution in [1.82, 2.24) is 28.5 Å². The summed E-state index contributed by atoms with van der Waals surface area (Å²) >= 11 is 3.28. The molecule has 10 nitrogen and oxygen atoms in total. The van der Waals surface area contributed by atoms with E-state index in [1.54, 1.807) is 36.2 Å². The van der Waals surface area contributed by atoms with Crippen LogP contribution in [0.25, 0.3) is 11.0 Å². The second-order valence-corrected chi connectivity index (χ2v) is 9.66. The molecule has 0 unspecified atom stereocenters. The van der Waals surface area contributed by atoms with Crippen molar-refractivity contribution < 1.29 is 13.2 Å². The van der Waals surface area contributed by atoms with Gasteiger partial charge in [0.25, 0.3) is 5.56 Å². The van der Waals surface area contributed by atoms with Crippen molar-refractivity contribution in [1.29, 1.82) is 0 Å². The Kier molecular flexibility index (Phi) is 5.47. The van der Waals surface area contributed by atoms with Crippen LogP contribution in [0.2, 0.25) is 0 Å². The molecule has 1 saturated heterocycles. The Bertz CT molecular complexity index is 1280. The molecule has 0 bridgehead atoms. The number of nitrogens with zero attached hydrogens (tertiary/aromatic N) is 6. The number of rotatable bonds is 4. The molecule has 0 radical (unpaired) electrons. The van der Waals surface area contributed by atoms with E-state index < -0.39 is 10.0 Å². The minimum atomic E-state index is -3.66. The normalized spacial score (nSPS) is 15.6. The number of sulfonamides is 1. The maximum atomic E-state index is 12.9. The third kappa shape index (κ3) is 3.66. The summed E-state index contributed by atoms with van der Waals surface area (Å²) < 4.78 is 30.4. The van der Waals surface area contributed by atoms with E-state index in [2.05, 4.69) is 26.0 Å². The van der Waals surface area contributed by atoms with E-state index in [-0.39, 0.29) is 49.1 Å². The van der Waals surface area contributed by atoms with Gasteiger partial charge in [-0.15, -0.1) is 0 Å². The van der Waals surface area contributed by atoms with Gasteiger partial charge >= 0.3 is 0 Å². The highest BCUT2D eigenvalue weighted by Gasteiger charge is 2.31. The van der Waals surface area contributed by atoms with Gasteiger partial charge in [0.15, 0.2) is 5.65 Å². The van der Waals surface area contributed by atoms with E-state index in [0.717, 1.165) is 0 Å². The molecular weight excluding hydrogens is 476 g/mol. The molecule has 30 heavy (non-hydrogen) atoms. The van der Waals surface area contributed by atoms with E-state index in [9.17, 15) is 18.0 Å². The van der Waals surface area contributed by atoms with Crippen LogP contribution in [-0.4, -0.2) is 69.0 Å². The van der Waals surface area contributed by atoms with E-state index >= 15 is 0 Å². The molecule has 1 aliphatic heterocycles. The van der Waals surface area contributed by atoms with Crippen molar-refractivity contribution in [3.63, 3.8) is 0 Å². The minimum Gasteiger partial charge on any atom is -0.338 e. The van der Waals surface area contributed by atoms with Gasteiger partial charge in [-0.05, 0) is 28.1 Å². The van der Waals surface area contributed by atoms with Crippen LogP contribution in [0.5, 0.6) is 0 Å². The molecule has 12 heteroatoms. The van der Waals surface area contributed by atoms with Crippen molar-refractivity contribution in [2.24, 2.45) is 7.05 Å². The number of halogens is 1. The Hall–Kier alpha value is -2.57. The quantitative estimate of drug-likeness (QED) is 0.519. The Labute approximate surface area is 180 Å². The predicted octanol–water partition coefficient (Wildman–Crippen LogP) is 0.426. The highest BCUT2D eigenvalue weighted by molar-refractivity contribution is 9.10. The van der Waals surface area contributed by atoms with Crippen molar-refractivity contribution in [3.8, 4) is 0 Å². The summed E-state index contributed by atoms with van der Waals surface area (Å²) in [5.41, 5.74) is 0.117. The molecule has 1 fully saturated rings. The lowest BCUT2D eigenvalue weighted by Gasteiger charge is -2.34. The Morgan fingerprint density at radius 2 is 1.87 bits per heavy atom. The first-order chi connectivity index (χ1) is 14.3. The molecule has 3 aromatic rings. The summed E-state index contributed by atoms with van der Waals surface area (Å²) in [6.07, 6.45) is 2.76. The molecule has 0 N–H and O–H groups in total. The van der Waals surface area contributed by atoms with Crippen LogP contribution in [0.4, 0.5) is 0 Å². The molecule has 1 amide bonds. The van der Waals surface area contributed by atoms with Gasteiger partial charge in [-0.2, -0.15) is 9.40 Å². The van der Waals surface area contributed by atoms with Gasteiger partial charge in [-0.25, -0.2) is 13.4 Å². The smallest absolute Gasteiger partial charge is 0.264 e. The molecule has 4 rings (SSSR count). The average Bonchev–Trinajstić information content (AvgIpc) is 3.12. The zero-order valence-corrected chi connectivity index (χ0v) is 18.5. The predicted molar refractivity (Wildman–Crippen MR) is 112 cm³/mol. The molecule has 1 aromatic carbocycles. The second-order valence-electron chi connectivity index (χ2n) is 6.90. The van der Waals surface area contributed by atoms with Crippen molar-refractivity contribution in [3.05, 3.63) is 51.6 Å². The summed E-state index contributed by atoms with van der Waals surface area (Å²) in [5.74, 6) is -0.264. The standard InChI is InChI=1S/C18H19BrN6O4S/c1-22-17-13(10-21-22)18(27)24(12-20-17)11-16(26)23-6-8-25(9-7-23)30(28,29)15-5-3-2-4-14(15)19/h2-5,10,12H,6-9,11H2,1H3. The molecule has 0 saturated carbocycles. The first-order valence-electron chi connectivity index (χ1n) is 9.18. The zero-order chi connectivity index (χ0) is 21.5. The molecule has 0 spiro atoms. The van der Waals surface area contributed by atoms with Gasteiger partial charge in [0.2, 0.25) is 15.9 Å². The molecule has 0 atom stereocenters. The number of benzene rings is 1. The highest BCUT2D eigenvalue weighted by atomic mass is 79.9. The van der Waals surface area contributed by atoms with Crippen molar-refractivity contribution in [2.75, 3.05) is 26.2 Å². The van der Waals surface area contributed by atoms with Gasteiger partial charge in [0.05, 0.1) is 11.1 Å². The number of hydrogen-bond acceptors (Lipinski definition) is 6. The van der Waals surface area contributed by atoms with Crippen LogP contribution in [0.1, 0.15) is 0 Å². The summed E-state index contributed by atoms with van der Waals surface area (Å²) in [5, 5.41) is 4.35. The minimum absolute atomic E-state index is 0.159. The van der Waals surface area contributed by atoms with E-state index in [0.29, 0.717) is 15.5 Å². The Balaban J connectivity index is 1.44. The first-order valence-corrected chi connectivity index (χ1v) is 11.4. The number of carbonyl (C=O) groups is 1. The van der Waals surface area contributed by atoms with Gasteiger partial charge in [0, 0.05) is 37.7 Å². The Morgan fingerprint density at radius 1 is 1.17 bits per heavy atom. The summed E-state index contributed by atoms with van der Waals surface area (Å²) in [4.78, 5) is 31.2. The molecular formula is C18H19BrN6O4S. The fourth-order valence-corrected chi connectivity index (χ4v) is 5.78. The SMILES string of the molecule is Cn1ncc2c(=O)n(CC(=O)N3CCN(S(=O)(=O)c4ccccc4Br)CC3)cnc21. The van der Waals surface area contributed by atoms with Crippen LogP contribution >= 0.6 is 15.9 Å². The maximum Gasteiger partial charge on any atom is 0.264 e. The topological polar surface area (TPSA) is 110 Å². The number of amides is 1. The number of carbonyl (C=O) groups excluding carboxylic acids is 1. The monoisotopic (exact) mass is 494 g/mol. The molecule has 158 valence electrons. The summed E-state index contributed by atoms with van der Waals surface area (Å²) in [7, 11) is -1.97. The first kappa shape index (κ1) is 20.7. The summed E-state index contributed by atoms with van der Waals surface area (Å²) in [6.45, 7) is 0.710. The van der Waals surface area contributed by atoms with Crippen LogP contribution in [0.15, 0.2) is 51.0 Å². The van der Waals surface area contributed by atoms with Crippen LogP contribution in [0.3, 0.4) is 0 Å². The Morgan fingerprint density at radius 3 is 2.57 bits per heavy atom. The number of aryl methyl sites for hydroxylation is 1. The van der Waals surface area contributed by atoms with Crippen LogP contribution < -0.4 is 5.56 Å². The third-order valence-corrected chi connectivity index (χ3v) is 7.98. The zero-order valence-electron chi connectivity index (χ0n) is 16.1. The van der Waals surface area contributed by atoms with Gasteiger partial charge in [-0.1, -0.05) is 12.1 Å².